The molecule has 10 heteroatoms. The Labute approximate surface area is 194 Å². The minimum atomic E-state index is -1.12. The number of tetrazole rings is 1. The Morgan fingerprint density at radius 3 is 2.39 bits per heavy atom. The summed E-state index contributed by atoms with van der Waals surface area (Å²) in [5.41, 5.74) is 5.77. The molecule has 0 aliphatic heterocycles. The molecule has 0 radical (unpaired) electrons. The summed E-state index contributed by atoms with van der Waals surface area (Å²) in [6, 6.07) is 11.6. The molecular formula is C23H26N6O3S. The van der Waals surface area contributed by atoms with Crippen LogP contribution in [0.15, 0.2) is 46.2 Å². The Morgan fingerprint density at radius 2 is 1.79 bits per heavy atom. The number of aromatic nitrogens is 6. The van der Waals surface area contributed by atoms with Crippen LogP contribution in [0.4, 0.5) is 0 Å². The fraction of sp³-hybridized carbons (Fsp3) is 0.304. The number of hydrogen-bond acceptors (Lipinski definition) is 6. The zero-order valence-corrected chi connectivity index (χ0v) is 20.3. The number of rotatable bonds is 6. The van der Waals surface area contributed by atoms with Gasteiger partial charge in [0.25, 0.3) is 0 Å². The van der Waals surface area contributed by atoms with Gasteiger partial charge in [-0.2, -0.15) is 14.5 Å². The second-order valence-corrected chi connectivity index (χ2v) is 9.29. The van der Waals surface area contributed by atoms with Crippen molar-refractivity contribution in [2.45, 2.75) is 32.4 Å². The first-order chi connectivity index (χ1) is 15.7. The molecule has 4 aromatic rings. The first-order valence-electron chi connectivity index (χ1n) is 10.4. The summed E-state index contributed by atoms with van der Waals surface area (Å²) in [4.78, 5) is 12.4. The van der Waals surface area contributed by atoms with Crippen LogP contribution >= 0.6 is 0 Å². The molecule has 4 rings (SSSR count). The predicted molar refractivity (Wildman–Crippen MR) is 126 cm³/mol. The van der Waals surface area contributed by atoms with Gasteiger partial charge >= 0.3 is 5.69 Å². The van der Waals surface area contributed by atoms with Crippen molar-refractivity contribution in [3.63, 3.8) is 0 Å². The van der Waals surface area contributed by atoms with Gasteiger partial charge in [-0.25, -0.2) is 9.48 Å². The van der Waals surface area contributed by atoms with Crippen molar-refractivity contribution in [2.24, 2.45) is 14.1 Å². The maximum atomic E-state index is 12.4. The van der Waals surface area contributed by atoms with E-state index in [1.807, 2.05) is 57.2 Å². The van der Waals surface area contributed by atoms with Crippen molar-refractivity contribution in [3.05, 3.63) is 69.1 Å². The van der Waals surface area contributed by atoms with Crippen molar-refractivity contribution < 1.29 is 9.29 Å². The van der Waals surface area contributed by atoms with Crippen LogP contribution in [0.2, 0.25) is 0 Å². The van der Waals surface area contributed by atoms with Gasteiger partial charge in [0.15, 0.2) is 0 Å². The number of benzene rings is 2. The highest BCUT2D eigenvalue weighted by atomic mass is 32.2. The molecule has 33 heavy (non-hydrogen) atoms. The van der Waals surface area contributed by atoms with Crippen LogP contribution < -0.4 is 10.4 Å². The Kier molecular flexibility index (Phi) is 6.13. The molecule has 0 saturated heterocycles. The van der Waals surface area contributed by atoms with Gasteiger partial charge in [0.1, 0.15) is 24.3 Å². The summed E-state index contributed by atoms with van der Waals surface area (Å²) in [5.74, 6) is 0.729. The van der Waals surface area contributed by atoms with Crippen LogP contribution in [-0.4, -0.2) is 40.4 Å². The van der Waals surface area contributed by atoms with Crippen molar-refractivity contribution in [3.8, 4) is 22.7 Å². The summed E-state index contributed by atoms with van der Waals surface area (Å²) in [7, 11) is 3.37. The quantitative estimate of drug-likeness (QED) is 0.405. The van der Waals surface area contributed by atoms with Gasteiger partial charge in [-0.1, -0.05) is 12.1 Å². The van der Waals surface area contributed by atoms with E-state index in [0.29, 0.717) is 10.7 Å². The van der Waals surface area contributed by atoms with E-state index < -0.39 is 11.2 Å². The van der Waals surface area contributed by atoms with Gasteiger partial charge in [-0.05, 0) is 66.6 Å². The molecule has 0 bridgehead atoms. The van der Waals surface area contributed by atoms with Crippen molar-refractivity contribution in [1.29, 1.82) is 0 Å². The average molecular weight is 467 g/mol. The number of aryl methyl sites for hydroxylation is 4. The van der Waals surface area contributed by atoms with Crippen LogP contribution in [0.25, 0.3) is 16.9 Å². The summed E-state index contributed by atoms with van der Waals surface area (Å²) in [5, 5.41) is 13.1. The Hall–Kier alpha value is -3.37. The molecule has 2 aromatic heterocycles. The lowest BCUT2D eigenvalue weighted by molar-refractivity contribution is 0.302. The first kappa shape index (κ1) is 22.8. The third kappa shape index (κ3) is 4.19. The standard InChI is InChI=1S/C23H26N6O3S/c1-14-8-7-9-19(29-23(30)28(5)25-26-29)18(14)13-32-20-11-10-17(12-15(20)2)21-16(3)22(33(6)31)27(4)24-21/h7-12H,13H2,1-6H3. The average Bonchev–Trinajstić information content (AvgIpc) is 3.25. The lowest BCUT2D eigenvalue weighted by Gasteiger charge is -2.14. The fourth-order valence-corrected chi connectivity index (χ4v) is 4.88. The molecule has 0 aliphatic rings. The highest BCUT2D eigenvalue weighted by Gasteiger charge is 2.21. The highest BCUT2D eigenvalue weighted by Crippen LogP contribution is 2.31. The van der Waals surface area contributed by atoms with E-state index in [9.17, 15) is 9.35 Å². The third-order valence-corrected chi connectivity index (χ3v) is 6.76. The lowest BCUT2D eigenvalue weighted by atomic mass is 10.1. The minimum absolute atomic E-state index is 0.271. The maximum Gasteiger partial charge on any atom is 0.368 e. The van der Waals surface area contributed by atoms with E-state index in [-0.39, 0.29) is 12.3 Å². The van der Waals surface area contributed by atoms with Crippen LogP contribution in [-0.2, 0) is 31.9 Å². The molecule has 9 nitrogen and oxygen atoms in total. The Balaban J connectivity index is 1.62. The second-order valence-electron chi connectivity index (χ2n) is 7.99. The zero-order chi connectivity index (χ0) is 23.9. The predicted octanol–water partition coefficient (Wildman–Crippen LogP) is 2.61. The summed E-state index contributed by atoms with van der Waals surface area (Å²) in [6.45, 7) is 6.15. The van der Waals surface area contributed by atoms with Gasteiger partial charge in [-0.3, -0.25) is 0 Å². The van der Waals surface area contributed by atoms with E-state index in [4.69, 9.17) is 4.74 Å². The van der Waals surface area contributed by atoms with Gasteiger partial charge in [-0.15, -0.1) is 0 Å². The fourth-order valence-electron chi connectivity index (χ4n) is 3.94. The summed E-state index contributed by atoms with van der Waals surface area (Å²) < 4.78 is 22.4. The van der Waals surface area contributed by atoms with E-state index in [1.54, 1.807) is 25.0 Å². The molecule has 0 amide bonds. The SMILES string of the molecule is Cc1cc(-c2nn(C)c([S+](C)[O-])c2C)ccc1OCc1c(C)cccc1-n1nnn(C)c1=O. The molecule has 0 spiro atoms. The van der Waals surface area contributed by atoms with E-state index in [2.05, 4.69) is 15.5 Å². The normalized spacial score (nSPS) is 12.2. The first-order valence-corrected chi connectivity index (χ1v) is 11.9. The molecule has 0 fully saturated rings. The molecule has 2 heterocycles. The van der Waals surface area contributed by atoms with Gasteiger partial charge in [0, 0.05) is 36.4 Å². The number of nitrogens with zero attached hydrogens (tertiary/aromatic N) is 6. The molecule has 0 saturated carbocycles. The van der Waals surface area contributed by atoms with E-state index in [0.717, 1.165) is 39.3 Å². The molecule has 0 aliphatic carbocycles. The van der Waals surface area contributed by atoms with E-state index in [1.165, 1.54) is 9.36 Å². The largest absolute Gasteiger partial charge is 0.610 e. The zero-order valence-electron chi connectivity index (χ0n) is 19.5. The number of hydrogen-bond donors (Lipinski definition) is 0. The van der Waals surface area contributed by atoms with Crippen LogP contribution in [0.3, 0.4) is 0 Å². The molecule has 0 N–H and O–H groups in total. The van der Waals surface area contributed by atoms with E-state index >= 15 is 0 Å². The van der Waals surface area contributed by atoms with Crippen molar-refractivity contribution in [1.82, 2.24) is 29.6 Å². The van der Waals surface area contributed by atoms with Crippen LogP contribution in [0, 0.1) is 20.8 Å². The second kappa shape index (κ2) is 8.87. The van der Waals surface area contributed by atoms with Crippen molar-refractivity contribution >= 4 is 11.2 Å². The molecule has 2 aromatic carbocycles. The van der Waals surface area contributed by atoms with Gasteiger partial charge < -0.3 is 9.29 Å². The Morgan fingerprint density at radius 1 is 1.03 bits per heavy atom. The molecular weight excluding hydrogens is 440 g/mol. The van der Waals surface area contributed by atoms with Crippen LogP contribution in [0.1, 0.15) is 22.3 Å². The maximum absolute atomic E-state index is 12.4. The molecule has 1 atom stereocenters. The minimum Gasteiger partial charge on any atom is -0.610 e. The molecule has 1 unspecified atom stereocenters. The van der Waals surface area contributed by atoms with Crippen molar-refractivity contribution in [2.75, 3.05) is 6.26 Å². The summed E-state index contributed by atoms with van der Waals surface area (Å²) in [6.07, 6.45) is 1.66. The Bertz CT molecular complexity index is 1390. The number of ether oxygens (including phenoxy) is 1. The van der Waals surface area contributed by atoms with Gasteiger partial charge in [0.05, 0.1) is 11.3 Å². The third-order valence-electron chi connectivity index (χ3n) is 5.65. The lowest BCUT2D eigenvalue weighted by Crippen LogP contribution is -2.23. The summed E-state index contributed by atoms with van der Waals surface area (Å²) >= 11 is -1.12. The van der Waals surface area contributed by atoms with Gasteiger partial charge in [0.2, 0.25) is 5.03 Å². The van der Waals surface area contributed by atoms with Crippen LogP contribution in [0.5, 0.6) is 5.75 Å². The monoisotopic (exact) mass is 466 g/mol. The smallest absolute Gasteiger partial charge is 0.368 e. The topological polar surface area (TPSA) is 103 Å². The molecule has 172 valence electrons. The highest BCUT2D eigenvalue weighted by molar-refractivity contribution is 7.90.